The van der Waals surface area contributed by atoms with Gasteiger partial charge in [-0.3, -0.25) is 53.0 Å². The first kappa shape index (κ1) is 82.1. The fraction of sp³-hybridized carbons (Fsp3) is 0.587. The van der Waals surface area contributed by atoms with Gasteiger partial charge >= 0.3 is 12.1 Å². The predicted octanol–water partition coefficient (Wildman–Crippen LogP) is 7.75. The largest absolute Gasteiger partial charge is 0.445 e. The lowest BCUT2D eigenvalue weighted by Gasteiger charge is -2.41. The van der Waals surface area contributed by atoms with Gasteiger partial charge in [0.2, 0.25) is 35.4 Å². The number of anilines is 1. The third kappa shape index (κ3) is 24.1. The number of hydrogen-bond acceptors (Lipinski definition) is 15. The summed E-state index contributed by atoms with van der Waals surface area (Å²) in [7, 11) is 8.44. The van der Waals surface area contributed by atoms with Gasteiger partial charge in [-0.1, -0.05) is 148 Å². The number of benzene rings is 3. The molecule has 25 nitrogen and oxygen atoms in total. The van der Waals surface area contributed by atoms with E-state index >= 15 is 0 Å². The summed E-state index contributed by atoms with van der Waals surface area (Å²) in [6.07, 6.45) is 3.95. The fourth-order valence-electron chi connectivity index (χ4n) is 13.5. The number of urea groups is 1. The van der Waals surface area contributed by atoms with Crippen molar-refractivity contribution in [2.24, 2.45) is 41.2 Å². The molecule has 2 aliphatic rings. The normalized spacial score (nSPS) is 17.1. The second-order valence-corrected chi connectivity index (χ2v) is 27.7. The van der Waals surface area contributed by atoms with Crippen molar-refractivity contribution in [2.45, 2.75) is 194 Å². The van der Waals surface area contributed by atoms with E-state index in [0.717, 1.165) is 4.90 Å². The number of Topliss-reactive ketones (excluding diaryl/α,β-unsaturated/α-hetero) is 1. The standard InChI is InChI=1S/C75H111N11O14/c1-15-49(8)68(84(12)73(95)64(47(4)5)80-72(94)67(48(6)7)83(10)11)58(98-13)44-62(91)85-42-26-32-56(85)69(99-14)50(9)70(92)81-65(52-27-19-16-20-28-52)66(53-29-21-17-22-30-53)82-75(97)100-45-51-34-36-55(37-35-51)78-71(93)54(31-25-40-77-74(76)96)43-57(87)63(46(2)3)79-59(88)33-23-18-24-41-86-60(89)38-39-61(86)90/h16-17,19-22,27-30,34-39,46-50,54,56,58,63-69H,15,18,23-26,31-33,40-45H2,1-14H3,(H,78,93)(H,79,88)(H,80,94)(H,81,92)(H,82,97)(H3,76,77,96)/t49-,50+,54+,56-,58-,63-,64-,65+,66+,67-,68-,69+/m0/s1. The number of hydrogen-bond donors (Lipinski definition) is 7. The Morgan fingerprint density at radius 2 is 1.26 bits per heavy atom. The molecular weight excluding hydrogens is 1280 g/mol. The number of unbranched alkanes of at least 4 members (excludes halogenated alkanes) is 2. The van der Waals surface area contributed by atoms with Crippen molar-refractivity contribution in [1.29, 1.82) is 0 Å². The van der Waals surface area contributed by atoms with Crippen molar-refractivity contribution in [2.75, 3.05) is 60.3 Å². The molecule has 3 aromatic rings. The molecule has 11 amide bonds. The van der Waals surface area contributed by atoms with Crippen LogP contribution in [0.15, 0.2) is 97.1 Å². The molecule has 0 bridgehead atoms. The number of amides is 11. The molecule has 5 rings (SSSR count). The average molecular weight is 1390 g/mol. The number of imide groups is 1. The molecule has 0 aliphatic carbocycles. The van der Waals surface area contributed by atoms with E-state index in [9.17, 15) is 52.7 Å². The van der Waals surface area contributed by atoms with Gasteiger partial charge in [-0.25, -0.2) is 9.59 Å². The van der Waals surface area contributed by atoms with Gasteiger partial charge in [0.05, 0.1) is 60.8 Å². The number of nitrogens with two attached hydrogens (primary N) is 1. The molecule has 1 fully saturated rings. The second-order valence-electron chi connectivity index (χ2n) is 27.7. The maximum atomic E-state index is 14.9. The SMILES string of the molecule is CC[C@H](C)[C@@H]([C@H](CC(=O)N1CCC[C@H]1[C@H](OC)[C@@H](C)C(=O)N[C@H](c1ccccc1)[C@H](NC(=O)OCc1ccc(NC(=O)[C@H](CCCNC(N)=O)CC(=O)[C@@H](NC(=O)CCCCCN2C(=O)C=CC2=O)C(C)C)cc1)c1ccccc1)OC)N(C)C(=O)[C@@H](NC(=O)[C@H](C(C)C)N(C)C)C(C)C. The molecule has 0 saturated carbocycles. The number of ketones is 1. The Morgan fingerprint density at radius 3 is 1.80 bits per heavy atom. The van der Waals surface area contributed by atoms with Gasteiger partial charge in [-0.15, -0.1) is 0 Å². The van der Waals surface area contributed by atoms with Gasteiger partial charge in [0.1, 0.15) is 12.6 Å². The number of likely N-dealkylation sites (tertiary alicyclic amines) is 1. The van der Waals surface area contributed by atoms with E-state index in [-0.39, 0.29) is 110 Å². The Balaban J connectivity index is 1.26. The van der Waals surface area contributed by atoms with Crippen LogP contribution >= 0.6 is 0 Å². The summed E-state index contributed by atoms with van der Waals surface area (Å²) in [5, 5.41) is 17.6. The predicted molar refractivity (Wildman–Crippen MR) is 381 cm³/mol. The molecule has 0 spiro atoms. The molecule has 2 heterocycles. The number of carbonyl (C=O) groups excluding carboxylic acids is 11. The minimum atomic E-state index is -0.891. The molecule has 0 aromatic heterocycles. The number of carbonyl (C=O) groups is 11. The third-order valence-corrected chi connectivity index (χ3v) is 19.1. The molecule has 1 saturated heterocycles. The van der Waals surface area contributed by atoms with E-state index in [1.54, 1.807) is 61.9 Å². The second kappa shape index (κ2) is 40.6. The van der Waals surface area contributed by atoms with E-state index in [0.29, 0.717) is 73.9 Å². The molecule has 550 valence electrons. The van der Waals surface area contributed by atoms with Crippen LogP contribution < -0.4 is 37.6 Å². The zero-order chi connectivity index (χ0) is 73.9. The lowest BCUT2D eigenvalue weighted by Crippen LogP contribution is -2.59. The summed E-state index contributed by atoms with van der Waals surface area (Å²) < 4.78 is 18.2. The minimum absolute atomic E-state index is 0.00843. The number of methoxy groups -OCH3 is 2. The minimum Gasteiger partial charge on any atom is -0.445 e. The van der Waals surface area contributed by atoms with Crippen molar-refractivity contribution in [3.63, 3.8) is 0 Å². The van der Waals surface area contributed by atoms with Crippen LogP contribution in [0.5, 0.6) is 0 Å². The summed E-state index contributed by atoms with van der Waals surface area (Å²) in [4.78, 5) is 155. The smallest absolute Gasteiger partial charge is 0.408 e. The number of ether oxygens (including phenoxy) is 3. The number of primary amides is 1. The van der Waals surface area contributed by atoms with Crippen LogP contribution in [0.1, 0.15) is 162 Å². The number of alkyl carbamates (subject to hydrolysis) is 1. The molecule has 0 unspecified atom stereocenters. The quantitative estimate of drug-likeness (QED) is 0.0211. The Bertz CT molecular complexity index is 3200. The van der Waals surface area contributed by atoms with Crippen LogP contribution in [-0.2, 0) is 64.0 Å². The lowest BCUT2D eigenvalue weighted by molar-refractivity contribution is -0.148. The van der Waals surface area contributed by atoms with Crippen molar-refractivity contribution in [3.8, 4) is 0 Å². The van der Waals surface area contributed by atoms with Crippen LogP contribution in [0.3, 0.4) is 0 Å². The van der Waals surface area contributed by atoms with E-state index < -0.39 is 90.3 Å². The zero-order valence-electron chi connectivity index (χ0n) is 61.1. The Hall–Kier alpha value is -8.55. The molecule has 0 radical (unpaired) electrons. The molecule has 2 aliphatic heterocycles. The zero-order valence-corrected chi connectivity index (χ0v) is 61.1. The number of likely N-dealkylation sites (N-methyl/N-ethyl adjacent to an activating group) is 2. The molecular formula is C75H111N11O14. The fourth-order valence-corrected chi connectivity index (χ4v) is 13.5. The van der Waals surface area contributed by atoms with Crippen molar-refractivity contribution in [1.82, 2.24) is 46.2 Å². The molecule has 100 heavy (non-hydrogen) atoms. The summed E-state index contributed by atoms with van der Waals surface area (Å²) >= 11 is 0. The maximum Gasteiger partial charge on any atom is 0.408 e. The topological polar surface area (TPSA) is 327 Å². The van der Waals surface area contributed by atoms with Crippen LogP contribution in [0.4, 0.5) is 15.3 Å². The molecule has 8 N–H and O–H groups in total. The molecule has 3 aromatic carbocycles. The highest BCUT2D eigenvalue weighted by molar-refractivity contribution is 6.12. The van der Waals surface area contributed by atoms with Gasteiger partial charge in [0, 0.05) is 77.5 Å². The number of nitrogens with one attached hydrogen (secondary N) is 6. The maximum absolute atomic E-state index is 14.9. The Labute approximate surface area is 590 Å². The summed E-state index contributed by atoms with van der Waals surface area (Å²) in [5.74, 6) is -5.40. The van der Waals surface area contributed by atoms with Crippen LogP contribution in [-0.4, -0.2) is 182 Å². The van der Waals surface area contributed by atoms with Gasteiger partial charge in [0.25, 0.3) is 11.8 Å². The van der Waals surface area contributed by atoms with Crippen molar-refractivity contribution in [3.05, 3.63) is 114 Å². The van der Waals surface area contributed by atoms with E-state index in [2.05, 4.69) is 31.9 Å². The number of nitrogens with zero attached hydrogens (tertiary/aromatic N) is 4. The number of rotatable bonds is 41. The van der Waals surface area contributed by atoms with E-state index in [4.69, 9.17) is 19.9 Å². The van der Waals surface area contributed by atoms with Gasteiger partial charge < -0.3 is 61.6 Å². The first-order valence-corrected chi connectivity index (χ1v) is 35.2. The lowest BCUT2D eigenvalue weighted by atomic mass is 9.89. The third-order valence-electron chi connectivity index (χ3n) is 19.1. The summed E-state index contributed by atoms with van der Waals surface area (Å²) in [5.41, 5.74) is 7.58. The Morgan fingerprint density at radius 1 is 0.660 bits per heavy atom. The van der Waals surface area contributed by atoms with Crippen LogP contribution in [0.2, 0.25) is 0 Å². The van der Waals surface area contributed by atoms with Crippen LogP contribution in [0, 0.1) is 35.5 Å². The summed E-state index contributed by atoms with van der Waals surface area (Å²) in [6, 6.07) is 19.3. The van der Waals surface area contributed by atoms with E-state index in [1.165, 1.54) is 26.4 Å². The highest BCUT2D eigenvalue weighted by Crippen LogP contribution is 2.34. The monoisotopic (exact) mass is 1390 g/mol. The average Bonchev–Trinajstić information content (AvgIpc) is 1.29. The van der Waals surface area contributed by atoms with Gasteiger partial charge in [-0.2, -0.15) is 0 Å². The first-order chi connectivity index (χ1) is 47.5. The Kier molecular flexibility index (Phi) is 33.4. The van der Waals surface area contributed by atoms with Crippen LogP contribution in [0.25, 0.3) is 0 Å². The van der Waals surface area contributed by atoms with Gasteiger partial charge in [-0.05, 0) is 105 Å². The highest BCUT2D eigenvalue weighted by atomic mass is 16.5. The van der Waals surface area contributed by atoms with Gasteiger partial charge in [0.15, 0.2) is 5.78 Å². The summed E-state index contributed by atoms with van der Waals surface area (Å²) in [6.45, 7) is 17.7. The van der Waals surface area contributed by atoms with Crippen molar-refractivity contribution < 1.29 is 67.0 Å². The molecule has 25 heteroatoms. The van der Waals surface area contributed by atoms with Crippen molar-refractivity contribution >= 4 is 70.9 Å². The van der Waals surface area contributed by atoms with E-state index in [1.807, 2.05) is 121 Å². The highest BCUT2D eigenvalue weighted by Gasteiger charge is 2.44. The molecule has 12 atom stereocenters. The first-order valence-electron chi connectivity index (χ1n) is 35.2.